The number of nitrogens with zero attached hydrogens (tertiary/aromatic N) is 2. The van der Waals surface area contributed by atoms with E-state index in [-0.39, 0.29) is 23.2 Å². The number of carbonyl (C=O) groups is 1. The van der Waals surface area contributed by atoms with Gasteiger partial charge in [0.15, 0.2) is 5.17 Å². The van der Waals surface area contributed by atoms with E-state index in [9.17, 15) is 4.79 Å². The van der Waals surface area contributed by atoms with Crippen LogP contribution in [0, 0.1) is 5.82 Å². The summed E-state index contributed by atoms with van der Waals surface area (Å²) in [6, 6.07) is 8.58. The zero-order valence-electron chi connectivity index (χ0n) is 18.3. The Morgan fingerprint density at radius 1 is 1.34 bits per heavy atom. The molecule has 2 aromatic rings. The van der Waals surface area contributed by atoms with E-state index in [4.69, 9.17) is 23.2 Å². The number of amides is 1. The van der Waals surface area contributed by atoms with E-state index >= 15 is 4.39 Å². The fraction of sp³-hybridized carbons (Fsp3) is 0.333. The van der Waals surface area contributed by atoms with Gasteiger partial charge in [-0.3, -0.25) is 4.79 Å². The van der Waals surface area contributed by atoms with E-state index in [0.29, 0.717) is 31.4 Å². The van der Waals surface area contributed by atoms with Gasteiger partial charge in [-0.2, -0.15) is 0 Å². The van der Waals surface area contributed by atoms with E-state index in [1.54, 1.807) is 30.3 Å². The first kappa shape index (κ1) is 23.1. The molecular formula is C24H24Cl2FN3OS. The molecule has 0 aliphatic carbocycles. The lowest BCUT2D eigenvalue weighted by atomic mass is 9.79. The maximum Gasteiger partial charge on any atom is 0.264 e. The lowest BCUT2D eigenvalue weighted by molar-refractivity contribution is -0.115. The monoisotopic (exact) mass is 491 g/mol. The molecule has 4 rings (SSSR count). The van der Waals surface area contributed by atoms with E-state index in [1.807, 2.05) is 6.07 Å². The summed E-state index contributed by atoms with van der Waals surface area (Å²) in [6.45, 7) is 9.43. The quantitative estimate of drug-likeness (QED) is 0.464. The molecule has 2 aromatic carbocycles. The van der Waals surface area contributed by atoms with Crippen molar-refractivity contribution in [1.29, 1.82) is 0 Å². The van der Waals surface area contributed by atoms with Gasteiger partial charge in [0.25, 0.3) is 5.91 Å². The number of fused-ring (bicyclic) bond motifs is 1. The summed E-state index contributed by atoms with van der Waals surface area (Å²) in [7, 11) is 0. The number of carbonyl (C=O) groups excluding carboxylic acids is 1. The highest BCUT2D eigenvalue weighted by atomic mass is 35.5. The highest BCUT2D eigenvalue weighted by molar-refractivity contribution is 8.18. The zero-order chi connectivity index (χ0) is 23.2. The maximum absolute atomic E-state index is 15.1. The van der Waals surface area contributed by atoms with Crippen molar-refractivity contribution in [1.82, 2.24) is 5.32 Å². The number of benzene rings is 2. The van der Waals surface area contributed by atoms with Gasteiger partial charge in [0.1, 0.15) is 5.82 Å². The Morgan fingerprint density at radius 2 is 2.09 bits per heavy atom. The lowest BCUT2D eigenvalue weighted by Crippen LogP contribution is -2.48. The average molecular weight is 492 g/mol. The second kappa shape index (κ2) is 8.73. The summed E-state index contributed by atoms with van der Waals surface area (Å²) in [5.74, 6) is -0.391. The van der Waals surface area contributed by atoms with Gasteiger partial charge in [-0.25, -0.2) is 9.38 Å². The molecule has 4 nitrogen and oxygen atoms in total. The Hall–Kier alpha value is -2.02. The van der Waals surface area contributed by atoms with E-state index < -0.39 is 0 Å². The molecule has 0 bridgehead atoms. The van der Waals surface area contributed by atoms with Crippen molar-refractivity contribution in [3.8, 4) is 0 Å². The smallest absolute Gasteiger partial charge is 0.264 e. The number of amidine groups is 1. The van der Waals surface area contributed by atoms with E-state index in [2.05, 4.69) is 42.9 Å². The van der Waals surface area contributed by atoms with Crippen molar-refractivity contribution in [3.05, 3.63) is 62.2 Å². The second-order valence-corrected chi connectivity index (χ2v) is 10.5. The minimum atomic E-state index is -0.351. The molecule has 0 aromatic heterocycles. The standard InChI is InChI=1S/C24H24Cl2FN3OS/c1-5-30-19-11-17(27)14(9-15(19)13(2)12-24(30,3)4)10-20-22(31)29-23(32-20)28-18-8-6-7-16(25)21(18)26/h6-11,13H,5,12H2,1-4H3,(H,28,29,31)/b20-10+. The molecule has 1 amide bonds. The third-order valence-electron chi connectivity index (χ3n) is 5.91. The lowest BCUT2D eigenvalue weighted by Gasteiger charge is -2.47. The zero-order valence-corrected chi connectivity index (χ0v) is 20.6. The van der Waals surface area contributed by atoms with E-state index in [0.717, 1.165) is 36.0 Å². The second-order valence-electron chi connectivity index (χ2n) is 8.65. The third-order valence-corrected chi connectivity index (χ3v) is 7.63. The SMILES string of the molecule is CCN1c2cc(F)c(/C=C3/SC(=Nc4cccc(Cl)c4Cl)NC3=O)cc2C(C)CC1(C)C. The summed E-state index contributed by atoms with van der Waals surface area (Å²) in [4.78, 5) is 19.5. The summed E-state index contributed by atoms with van der Waals surface area (Å²) >= 11 is 13.4. The van der Waals surface area contributed by atoms with Crippen LogP contribution < -0.4 is 10.2 Å². The Balaban J connectivity index is 1.68. The van der Waals surface area contributed by atoms with Gasteiger partial charge in [0.05, 0.1) is 20.6 Å². The summed E-state index contributed by atoms with van der Waals surface area (Å²) in [5.41, 5.74) is 2.84. The molecule has 1 unspecified atom stereocenters. The van der Waals surface area contributed by atoms with Crippen molar-refractivity contribution in [3.63, 3.8) is 0 Å². The van der Waals surface area contributed by atoms with Crippen LogP contribution in [0.4, 0.5) is 15.8 Å². The molecule has 2 aliphatic rings. The Bertz CT molecular complexity index is 1160. The van der Waals surface area contributed by atoms with Crippen LogP contribution >= 0.6 is 35.0 Å². The van der Waals surface area contributed by atoms with Gasteiger partial charge < -0.3 is 10.2 Å². The van der Waals surface area contributed by atoms with Crippen LogP contribution in [-0.4, -0.2) is 23.2 Å². The molecule has 0 saturated carbocycles. The average Bonchev–Trinajstić information content (AvgIpc) is 3.05. The highest BCUT2D eigenvalue weighted by Gasteiger charge is 2.36. The normalized spacial score (nSPS) is 22.4. The molecule has 1 fully saturated rings. The Morgan fingerprint density at radius 3 is 2.81 bits per heavy atom. The number of nitrogens with one attached hydrogen (secondary N) is 1. The highest BCUT2D eigenvalue weighted by Crippen LogP contribution is 2.44. The maximum atomic E-state index is 15.1. The number of hydrogen-bond donors (Lipinski definition) is 1. The van der Waals surface area contributed by atoms with Gasteiger partial charge in [-0.1, -0.05) is 36.2 Å². The minimum Gasteiger partial charge on any atom is -0.366 e. The fourth-order valence-corrected chi connectivity index (χ4v) is 5.70. The molecule has 0 spiro atoms. The first-order valence-electron chi connectivity index (χ1n) is 10.5. The van der Waals surface area contributed by atoms with Crippen LogP contribution in [0.25, 0.3) is 6.08 Å². The minimum absolute atomic E-state index is 0.0399. The molecule has 2 aliphatic heterocycles. The topological polar surface area (TPSA) is 44.7 Å². The van der Waals surface area contributed by atoms with Gasteiger partial charge >= 0.3 is 0 Å². The van der Waals surface area contributed by atoms with Crippen molar-refractivity contribution in [2.24, 2.45) is 4.99 Å². The Kier molecular flexibility index (Phi) is 6.31. The molecule has 1 saturated heterocycles. The van der Waals surface area contributed by atoms with Crippen LogP contribution in [0.3, 0.4) is 0 Å². The van der Waals surface area contributed by atoms with Crippen molar-refractivity contribution in [2.45, 2.75) is 45.6 Å². The molecule has 8 heteroatoms. The first-order chi connectivity index (χ1) is 15.1. The van der Waals surface area contributed by atoms with Crippen LogP contribution in [0.15, 0.2) is 40.2 Å². The van der Waals surface area contributed by atoms with Gasteiger partial charge in [-0.05, 0) is 80.8 Å². The van der Waals surface area contributed by atoms with Crippen molar-refractivity contribution < 1.29 is 9.18 Å². The molecule has 32 heavy (non-hydrogen) atoms. The molecule has 0 radical (unpaired) electrons. The van der Waals surface area contributed by atoms with Gasteiger partial charge in [-0.15, -0.1) is 0 Å². The number of rotatable bonds is 3. The number of aliphatic imine (C=N–C) groups is 1. The summed E-state index contributed by atoms with van der Waals surface area (Å²) in [6.07, 6.45) is 2.56. The van der Waals surface area contributed by atoms with Gasteiger partial charge in [0, 0.05) is 23.3 Å². The number of anilines is 1. The molecule has 168 valence electrons. The Labute approximate surface area is 201 Å². The predicted octanol–water partition coefficient (Wildman–Crippen LogP) is 7.14. The van der Waals surface area contributed by atoms with Crippen molar-refractivity contribution in [2.75, 3.05) is 11.4 Å². The fourth-order valence-electron chi connectivity index (χ4n) is 4.54. The number of halogens is 3. The molecule has 1 atom stereocenters. The molecule has 2 heterocycles. The van der Waals surface area contributed by atoms with Crippen molar-refractivity contribution >= 4 is 63.5 Å². The summed E-state index contributed by atoms with van der Waals surface area (Å²) < 4.78 is 15.1. The van der Waals surface area contributed by atoms with Crippen LogP contribution in [0.5, 0.6) is 0 Å². The first-order valence-corrected chi connectivity index (χ1v) is 12.0. The third kappa shape index (κ3) is 4.28. The van der Waals surface area contributed by atoms with Crippen LogP contribution in [-0.2, 0) is 4.79 Å². The van der Waals surface area contributed by atoms with E-state index in [1.165, 1.54) is 0 Å². The largest absolute Gasteiger partial charge is 0.366 e. The summed E-state index contributed by atoms with van der Waals surface area (Å²) in [5, 5.41) is 3.78. The van der Waals surface area contributed by atoms with Crippen LogP contribution in [0.2, 0.25) is 10.0 Å². The molecule has 1 N–H and O–H groups in total. The van der Waals surface area contributed by atoms with Gasteiger partial charge in [0.2, 0.25) is 0 Å². The number of thioether (sulfide) groups is 1. The van der Waals surface area contributed by atoms with Crippen LogP contribution in [0.1, 0.15) is 51.2 Å². The number of hydrogen-bond acceptors (Lipinski definition) is 4. The molecular weight excluding hydrogens is 468 g/mol. The predicted molar refractivity (Wildman–Crippen MR) is 134 cm³/mol.